The van der Waals surface area contributed by atoms with Gasteiger partial charge in [-0.1, -0.05) is 30.4 Å². The SMILES string of the molecule is COC(=O)C(C)(CC=C=CC[C@@H]1[C@@H](C=CC(C)(C)[16OH])[C@H]([16OH])C[C@@H]1[16OH])Oc1ccccc1. The van der Waals surface area contributed by atoms with Gasteiger partial charge in [0.05, 0.1) is 24.9 Å². The van der Waals surface area contributed by atoms with Crippen LogP contribution in [-0.2, 0) is 9.53 Å². The summed E-state index contributed by atoms with van der Waals surface area (Å²) in [6.07, 6.45) is 6.70. The van der Waals surface area contributed by atoms with Crippen LogP contribution in [0.3, 0.4) is 0 Å². The molecule has 0 spiro atoms. The molecule has 0 bridgehead atoms. The first-order valence-corrected chi connectivity index (χ1v) is 10.6. The highest BCUT2D eigenvalue weighted by atomic mass is 16.6. The van der Waals surface area contributed by atoms with Gasteiger partial charge in [0.15, 0.2) is 0 Å². The molecule has 0 amide bonds. The molecule has 3 N–H and O–H groups in total. The molecule has 0 aliphatic heterocycles. The zero-order valence-corrected chi connectivity index (χ0v) is 18.7. The number of carbonyl (C=O) groups excluding carboxylic acids is 1. The van der Waals surface area contributed by atoms with Crippen LogP contribution < -0.4 is 4.74 Å². The molecule has 31 heavy (non-hydrogen) atoms. The highest BCUT2D eigenvalue weighted by Crippen LogP contribution is 2.36. The van der Waals surface area contributed by atoms with Gasteiger partial charge in [-0.25, -0.2) is 4.79 Å². The molecule has 0 radical (unpaired) electrons. The van der Waals surface area contributed by atoms with Gasteiger partial charge in [-0.2, -0.15) is 0 Å². The first-order chi connectivity index (χ1) is 14.6. The fourth-order valence-corrected chi connectivity index (χ4v) is 3.73. The average molecular weight is 431 g/mol. The minimum absolute atomic E-state index is 0.179. The molecule has 1 unspecified atom stereocenters. The van der Waals surface area contributed by atoms with Crippen LogP contribution in [0.25, 0.3) is 0 Å². The number of hydrogen-bond acceptors (Lipinski definition) is 6. The van der Waals surface area contributed by atoms with Crippen molar-refractivity contribution in [2.45, 2.75) is 63.4 Å². The van der Waals surface area contributed by atoms with Gasteiger partial charge in [0.1, 0.15) is 5.75 Å². The number of methoxy groups -OCH3 is 1. The summed E-state index contributed by atoms with van der Waals surface area (Å²) in [5.74, 6) is -0.346. The molecule has 1 aromatic rings. The van der Waals surface area contributed by atoms with Crippen LogP contribution in [0.15, 0.2) is 60.4 Å². The Morgan fingerprint density at radius 3 is 2.45 bits per heavy atom. The Kier molecular flexibility index (Phi) is 8.66. The fourth-order valence-electron chi connectivity index (χ4n) is 3.73. The maximum Gasteiger partial charge on any atom is 0.350 e. The third-order valence-electron chi connectivity index (χ3n) is 5.46. The van der Waals surface area contributed by atoms with Gasteiger partial charge in [-0.3, -0.25) is 0 Å². The number of esters is 1. The van der Waals surface area contributed by atoms with Crippen molar-refractivity contribution in [3.8, 4) is 5.75 Å². The fraction of sp³-hybridized carbons (Fsp3) is 0.520. The predicted molar refractivity (Wildman–Crippen MR) is 118 cm³/mol. The van der Waals surface area contributed by atoms with Gasteiger partial charge in [-0.05, 0) is 57.4 Å². The Morgan fingerprint density at radius 1 is 1.16 bits per heavy atom. The van der Waals surface area contributed by atoms with Crippen molar-refractivity contribution in [1.29, 1.82) is 0 Å². The van der Waals surface area contributed by atoms with Crippen LogP contribution >= 0.6 is 0 Å². The van der Waals surface area contributed by atoms with E-state index in [2.05, 4.69) is 5.73 Å². The molecule has 1 fully saturated rings. The minimum Gasteiger partial charge on any atom is -0.476 e. The number of aliphatic hydroxyl groups excluding tert-OH is 2. The van der Waals surface area contributed by atoms with Gasteiger partial charge in [0, 0.05) is 18.8 Å². The number of aliphatic hydroxyl groups is 3. The van der Waals surface area contributed by atoms with Crippen molar-refractivity contribution >= 4 is 5.97 Å². The van der Waals surface area contributed by atoms with Gasteiger partial charge in [0.25, 0.3) is 0 Å². The number of rotatable bonds is 9. The van der Waals surface area contributed by atoms with Crippen molar-refractivity contribution in [3.05, 3.63) is 60.4 Å². The van der Waals surface area contributed by atoms with Gasteiger partial charge < -0.3 is 24.8 Å². The molecule has 0 heterocycles. The van der Waals surface area contributed by atoms with E-state index in [0.29, 0.717) is 18.6 Å². The van der Waals surface area contributed by atoms with Crippen LogP contribution in [-0.4, -0.2) is 51.8 Å². The molecular weight excluding hydrogens is 396 g/mol. The predicted octanol–water partition coefficient (Wildman–Crippen LogP) is 3.17. The molecule has 1 aromatic carbocycles. The Balaban J connectivity index is 2.06. The molecule has 1 saturated carbocycles. The van der Waals surface area contributed by atoms with Crippen molar-refractivity contribution in [1.82, 2.24) is 0 Å². The van der Waals surface area contributed by atoms with Crippen molar-refractivity contribution < 1.29 is 29.6 Å². The lowest BCUT2D eigenvalue weighted by molar-refractivity contribution is -0.157. The second kappa shape index (κ2) is 10.8. The van der Waals surface area contributed by atoms with Gasteiger partial charge in [0.2, 0.25) is 5.60 Å². The summed E-state index contributed by atoms with van der Waals surface area (Å²) in [6, 6.07) is 9.06. The van der Waals surface area contributed by atoms with E-state index in [1.54, 1.807) is 57.2 Å². The molecule has 1 aliphatic rings. The van der Waals surface area contributed by atoms with E-state index >= 15 is 0 Å². The Bertz CT molecular complexity index is 803. The van der Waals surface area contributed by atoms with E-state index in [1.807, 2.05) is 18.2 Å². The number of hydrogen-bond donors (Lipinski definition) is 3. The molecule has 170 valence electrons. The van der Waals surface area contributed by atoms with Crippen LogP contribution in [0.5, 0.6) is 5.75 Å². The largest absolute Gasteiger partial charge is 0.476 e. The van der Waals surface area contributed by atoms with E-state index in [0.717, 1.165) is 0 Å². The maximum atomic E-state index is 12.3. The highest BCUT2D eigenvalue weighted by molar-refractivity contribution is 5.79. The zero-order chi connectivity index (χ0) is 23.1. The van der Waals surface area contributed by atoms with E-state index in [-0.39, 0.29) is 18.3 Å². The van der Waals surface area contributed by atoms with E-state index in [9.17, 15) is 20.1 Å². The quantitative estimate of drug-likeness (QED) is 0.316. The number of carbonyl (C=O) groups is 1. The summed E-state index contributed by atoms with van der Waals surface area (Å²) in [5.41, 5.74) is 0.879. The normalized spacial score (nSPS) is 25.5. The van der Waals surface area contributed by atoms with Crippen LogP contribution in [0, 0.1) is 11.8 Å². The third kappa shape index (κ3) is 7.37. The first-order valence-electron chi connectivity index (χ1n) is 10.6. The topological polar surface area (TPSA) is 96.2 Å². The lowest BCUT2D eigenvalue weighted by atomic mass is 9.89. The molecule has 2 rings (SSSR count). The van der Waals surface area contributed by atoms with Crippen molar-refractivity contribution in [3.63, 3.8) is 0 Å². The monoisotopic (exact) mass is 430 g/mol. The molecule has 6 nitrogen and oxygen atoms in total. The number of ether oxygens (including phenoxy) is 2. The second-order valence-corrected chi connectivity index (χ2v) is 8.78. The molecule has 1 aliphatic carbocycles. The molecule has 6 heteroatoms. The van der Waals surface area contributed by atoms with Gasteiger partial charge in [-0.15, -0.1) is 5.73 Å². The lowest BCUT2D eigenvalue weighted by Crippen LogP contribution is -2.42. The van der Waals surface area contributed by atoms with E-state index in [4.69, 9.17) is 9.47 Å². The molecule has 0 saturated heterocycles. The number of benzene rings is 1. The highest BCUT2D eigenvalue weighted by Gasteiger charge is 2.39. The summed E-state index contributed by atoms with van der Waals surface area (Å²) in [7, 11) is 1.32. The Labute approximate surface area is 184 Å². The average Bonchev–Trinajstić information content (AvgIpc) is 2.98. The first kappa shape index (κ1) is 24.9. The van der Waals surface area contributed by atoms with E-state index < -0.39 is 29.4 Å². The Morgan fingerprint density at radius 2 is 1.84 bits per heavy atom. The van der Waals surface area contributed by atoms with Crippen LogP contribution in [0.4, 0.5) is 0 Å². The molecule has 0 aromatic heterocycles. The minimum atomic E-state index is -1.20. The summed E-state index contributed by atoms with van der Waals surface area (Å²) >= 11 is 0. The lowest BCUT2D eigenvalue weighted by Gasteiger charge is -2.26. The third-order valence-corrected chi connectivity index (χ3v) is 5.46. The van der Waals surface area contributed by atoms with Gasteiger partial charge >= 0.3 is 5.97 Å². The van der Waals surface area contributed by atoms with Crippen molar-refractivity contribution in [2.24, 2.45) is 11.8 Å². The zero-order valence-electron chi connectivity index (χ0n) is 18.7. The maximum absolute atomic E-state index is 12.3. The summed E-state index contributed by atoms with van der Waals surface area (Å²) in [4.78, 5) is 12.3. The van der Waals surface area contributed by atoms with Crippen molar-refractivity contribution in [2.75, 3.05) is 7.11 Å². The Hall–Kier alpha value is -2.37. The smallest absolute Gasteiger partial charge is 0.350 e. The summed E-state index contributed by atoms with van der Waals surface area (Å²) < 4.78 is 10.8. The second-order valence-electron chi connectivity index (χ2n) is 8.78. The summed E-state index contributed by atoms with van der Waals surface area (Å²) in [5, 5.41) is 30.5. The number of para-hydroxylation sites is 1. The molecule has 5 atom stereocenters. The summed E-state index contributed by atoms with van der Waals surface area (Å²) in [6.45, 7) is 4.99. The van der Waals surface area contributed by atoms with E-state index in [1.165, 1.54) is 7.11 Å². The van der Waals surface area contributed by atoms with Crippen LogP contribution in [0.2, 0.25) is 0 Å². The molecular formula is C25H34O6. The standard InChI is InChI=1S/C25H34O6/c1-24(2,29)16-14-20-19(21(26)17-22(20)27)13-9-6-10-15-25(3,23(28)30-4)31-18-11-7-5-8-12-18/h5,7-12,14,16,19-22,26-27,29H,13,15,17H2,1-4H3/t6?,19-,20-,21+,22-,25?/m1/s1/i26+0,27+0,29+0. The van der Waals surface area contributed by atoms with Crippen LogP contribution in [0.1, 0.15) is 40.0 Å².